The minimum absolute atomic E-state index is 0.0785. The average molecular weight is 529 g/mol. The Morgan fingerprint density at radius 3 is 2.65 bits per heavy atom. The Morgan fingerprint density at radius 1 is 1.22 bits per heavy atom. The number of hydrogen-bond donors (Lipinski definition) is 1. The van der Waals surface area contributed by atoms with Crippen molar-refractivity contribution in [2.45, 2.75) is 45.8 Å². The second kappa shape index (κ2) is 11.7. The summed E-state index contributed by atoms with van der Waals surface area (Å²) in [7, 11) is 1.61. The molecule has 37 heavy (non-hydrogen) atoms. The molecule has 0 bridgehead atoms. The van der Waals surface area contributed by atoms with E-state index < -0.39 is 17.6 Å². The number of allylic oxidation sites excluding steroid dienone is 1. The first kappa shape index (κ1) is 27.2. The smallest absolute Gasteiger partial charge is 0.338 e. The van der Waals surface area contributed by atoms with E-state index >= 15 is 0 Å². The summed E-state index contributed by atoms with van der Waals surface area (Å²) in [6.07, 6.45) is 0.168. The topological polar surface area (TPSA) is 92.7 Å². The average Bonchev–Trinajstić information content (AvgIpc) is 3.24. The number of methoxy groups -OCH3 is 1. The summed E-state index contributed by atoms with van der Waals surface area (Å²) in [5, 5.41) is 5.69. The molecule has 9 nitrogen and oxygen atoms in total. The van der Waals surface area contributed by atoms with Crippen molar-refractivity contribution in [3.8, 4) is 5.75 Å². The van der Waals surface area contributed by atoms with Crippen molar-refractivity contribution >= 4 is 28.8 Å². The van der Waals surface area contributed by atoms with E-state index in [-0.39, 0.29) is 12.3 Å². The van der Waals surface area contributed by atoms with E-state index in [0.29, 0.717) is 23.6 Å². The molecule has 1 aromatic rings. The van der Waals surface area contributed by atoms with E-state index in [4.69, 9.17) is 19.2 Å². The zero-order valence-electron chi connectivity index (χ0n) is 22.2. The number of carbonyl (C=O) groups is 2. The summed E-state index contributed by atoms with van der Waals surface area (Å²) in [5.74, 6) is 0.133. The zero-order valence-corrected chi connectivity index (χ0v) is 23.0. The molecule has 4 rings (SSSR count). The minimum Gasteiger partial charge on any atom is -0.496 e. The highest BCUT2D eigenvalue weighted by Crippen LogP contribution is 2.47. The van der Waals surface area contributed by atoms with E-state index in [0.717, 1.165) is 49.3 Å². The number of esters is 1. The first-order valence-corrected chi connectivity index (χ1v) is 13.4. The zero-order chi connectivity index (χ0) is 26.6. The Balaban J connectivity index is 1.58. The molecule has 1 saturated heterocycles. The molecule has 1 aromatic carbocycles. The van der Waals surface area contributed by atoms with Crippen LogP contribution < -0.4 is 10.1 Å². The van der Waals surface area contributed by atoms with Crippen LogP contribution in [0.4, 0.5) is 0 Å². The fourth-order valence-electron chi connectivity index (χ4n) is 4.56. The molecule has 1 atom stereocenters. The van der Waals surface area contributed by atoms with Gasteiger partial charge in [-0.25, -0.2) is 9.79 Å². The molecule has 0 spiro atoms. The van der Waals surface area contributed by atoms with Gasteiger partial charge in [-0.05, 0) is 39.2 Å². The summed E-state index contributed by atoms with van der Waals surface area (Å²) in [6.45, 7) is 11.9. The van der Waals surface area contributed by atoms with Gasteiger partial charge in [0.25, 0.3) is 0 Å². The van der Waals surface area contributed by atoms with Gasteiger partial charge in [-0.2, -0.15) is 0 Å². The van der Waals surface area contributed by atoms with Gasteiger partial charge >= 0.3 is 5.97 Å². The molecular weight excluding hydrogens is 492 g/mol. The lowest BCUT2D eigenvalue weighted by Gasteiger charge is -2.37. The molecule has 0 saturated carbocycles. The summed E-state index contributed by atoms with van der Waals surface area (Å²) < 4.78 is 16.9. The standard InChI is InChI=1S/C27H36N4O5S/c1-18-23(25(33)36-27(2,3)4)24(20-8-6-7-9-21(20)34-5)31-19(17-37-26(31)29-18)16-22(32)28-10-11-30-12-14-35-15-13-30/h6-9,17,24H,10-16H2,1-5H3,(H,28,32). The van der Waals surface area contributed by atoms with Gasteiger partial charge in [0.1, 0.15) is 11.4 Å². The molecule has 1 unspecified atom stereocenters. The van der Waals surface area contributed by atoms with Crippen molar-refractivity contribution in [3.63, 3.8) is 0 Å². The van der Waals surface area contributed by atoms with Crippen LogP contribution in [-0.2, 0) is 19.1 Å². The molecule has 1 amide bonds. The van der Waals surface area contributed by atoms with E-state index in [1.54, 1.807) is 7.11 Å². The molecule has 3 heterocycles. The number of ether oxygens (including phenoxy) is 3. The Labute approximate surface area is 222 Å². The number of amidine groups is 1. The van der Waals surface area contributed by atoms with E-state index in [1.165, 1.54) is 11.8 Å². The summed E-state index contributed by atoms with van der Waals surface area (Å²) in [4.78, 5) is 35.4. The van der Waals surface area contributed by atoms with Crippen LogP contribution in [0.1, 0.15) is 45.7 Å². The summed E-state index contributed by atoms with van der Waals surface area (Å²) in [6, 6.07) is 7.07. The third-order valence-corrected chi connectivity index (χ3v) is 7.14. The fourth-order valence-corrected chi connectivity index (χ4v) is 5.52. The van der Waals surface area contributed by atoms with Gasteiger partial charge in [-0.3, -0.25) is 9.69 Å². The van der Waals surface area contributed by atoms with Crippen LogP contribution >= 0.6 is 11.8 Å². The highest BCUT2D eigenvalue weighted by atomic mass is 32.2. The first-order valence-electron chi connectivity index (χ1n) is 12.6. The Hall–Kier alpha value is -2.82. The van der Waals surface area contributed by atoms with E-state index in [2.05, 4.69) is 10.2 Å². The first-order chi connectivity index (χ1) is 17.7. The van der Waals surface area contributed by atoms with Crippen LogP contribution in [0.2, 0.25) is 0 Å². The number of rotatable bonds is 8. The SMILES string of the molecule is COc1ccccc1C1C(C(=O)OC(C)(C)C)=C(C)N=C2SC=C(CC(=O)NCCN3CCOCC3)N21. The normalized spacial score (nSPS) is 20.2. The number of carbonyl (C=O) groups excluding carboxylic acids is 2. The number of hydrogen-bond acceptors (Lipinski definition) is 9. The quantitative estimate of drug-likeness (QED) is 0.513. The predicted octanol–water partition coefficient (Wildman–Crippen LogP) is 3.45. The van der Waals surface area contributed by atoms with E-state index in [9.17, 15) is 9.59 Å². The van der Waals surface area contributed by atoms with Crippen LogP contribution in [0.25, 0.3) is 0 Å². The maximum Gasteiger partial charge on any atom is 0.338 e. The van der Waals surface area contributed by atoms with Crippen LogP contribution in [-0.4, -0.2) is 78.9 Å². The van der Waals surface area contributed by atoms with Crippen LogP contribution in [0.5, 0.6) is 5.75 Å². The summed E-state index contributed by atoms with van der Waals surface area (Å²) in [5.41, 5.74) is 1.94. The highest BCUT2D eigenvalue weighted by Gasteiger charge is 2.43. The number of fused-ring (bicyclic) bond motifs is 1. The number of nitrogens with one attached hydrogen (secondary N) is 1. The van der Waals surface area contributed by atoms with Crippen LogP contribution in [0.15, 0.2) is 51.6 Å². The number of amides is 1. The van der Waals surface area contributed by atoms with Gasteiger partial charge < -0.3 is 24.4 Å². The lowest BCUT2D eigenvalue weighted by atomic mass is 9.93. The number of thioether (sulfide) groups is 1. The van der Waals surface area contributed by atoms with Gasteiger partial charge in [-0.15, -0.1) is 0 Å². The molecule has 1 N–H and O–H groups in total. The molecular formula is C27H36N4O5S. The lowest BCUT2D eigenvalue weighted by Crippen LogP contribution is -2.42. The van der Waals surface area contributed by atoms with Gasteiger partial charge in [0.05, 0.1) is 44.1 Å². The Kier molecular flexibility index (Phi) is 8.61. The third-order valence-electron chi connectivity index (χ3n) is 6.25. The summed E-state index contributed by atoms with van der Waals surface area (Å²) >= 11 is 1.45. The van der Waals surface area contributed by atoms with Gasteiger partial charge in [-0.1, -0.05) is 30.0 Å². The molecule has 0 aliphatic carbocycles. The van der Waals surface area contributed by atoms with Crippen LogP contribution in [0.3, 0.4) is 0 Å². The largest absolute Gasteiger partial charge is 0.496 e. The third kappa shape index (κ3) is 6.55. The van der Waals surface area contributed by atoms with Gasteiger partial charge in [0, 0.05) is 37.4 Å². The Morgan fingerprint density at radius 2 is 1.95 bits per heavy atom. The minimum atomic E-state index is -0.668. The van der Waals surface area contributed by atoms with E-state index in [1.807, 2.05) is 62.3 Å². The molecule has 0 radical (unpaired) electrons. The van der Waals surface area contributed by atoms with Crippen LogP contribution in [0, 0.1) is 0 Å². The second-order valence-corrected chi connectivity index (χ2v) is 11.0. The molecule has 3 aliphatic rings. The number of benzene rings is 1. The van der Waals surface area contributed by atoms with Gasteiger partial charge in [0.15, 0.2) is 5.17 Å². The van der Waals surface area contributed by atoms with Crippen molar-refractivity contribution < 1.29 is 23.8 Å². The number of morpholine rings is 1. The van der Waals surface area contributed by atoms with Crippen molar-refractivity contribution in [1.82, 2.24) is 15.1 Å². The van der Waals surface area contributed by atoms with Crippen molar-refractivity contribution in [1.29, 1.82) is 0 Å². The molecule has 0 aromatic heterocycles. The fraction of sp³-hybridized carbons (Fsp3) is 0.519. The molecule has 200 valence electrons. The maximum absolute atomic E-state index is 13.5. The van der Waals surface area contributed by atoms with Crippen molar-refractivity contribution in [2.24, 2.45) is 4.99 Å². The lowest BCUT2D eigenvalue weighted by molar-refractivity contribution is -0.150. The molecule has 1 fully saturated rings. The predicted molar refractivity (Wildman–Crippen MR) is 144 cm³/mol. The highest BCUT2D eigenvalue weighted by molar-refractivity contribution is 8.16. The number of para-hydroxylation sites is 1. The van der Waals surface area contributed by atoms with Gasteiger partial charge in [0.2, 0.25) is 5.91 Å². The Bertz CT molecular complexity index is 1120. The van der Waals surface area contributed by atoms with Crippen molar-refractivity contribution in [2.75, 3.05) is 46.5 Å². The molecule has 10 heteroatoms. The monoisotopic (exact) mass is 528 g/mol. The number of nitrogens with zero attached hydrogens (tertiary/aromatic N) is 3. The maximum atomic E-state index is 13.5. The van der Waals surface area contributed by atoms with Crippen molar-refractivity contribution in [3.05, 3.63) is 52.2 Å². The molecule has 3 aliphatic heterocycles. The second-order valence-electron chi connectivity index (χ2n) is 10.1. The number of aliphatic imine (C=N–C) groups is 1.